The number of aryl methyl sites for hydroxylation is 1. The van der Waals surface area contributed by atoms with Gasteiger partial charge in [-0.15, -0.1) is 0 Å². The molecule has 1 aliphatic rings. The highest BCUT2D eigenvalue weighted by atomic mass is 32.1. The quantitative estimate of drug-likeness (QED) is 0.689. The van der Waals surface area contributed by atoms with Crippen molar-refractivity contribution in [3.05, 3.63) is 91.1 Å². The van der Waals surface area contributed by atoms with Gasteiger partial charge in [0.15, 0.2) is 4.77 Å². The molecule has 0 unspecified atom stereocenters. The van der Waals surface area contributed by atoms with Crippen molar-refractivity contribution in [3.63, 3.8) is 0 Å². The van der Waals surface area contributed by atoms with Crippen LogP contribution >= 0.6 is 12.2 Å². The third-order valence-electron chi connectivity index (χ3n) is 4.19. The van der Waals surface area contributed by atoms with Gasteiger partial charge in [0.1, 0.15) is 5.56 Å². The number of aromatic hydroxyl groups is 1. The number of para-hydroxylation sites is 1. The van der Waals surface area contributed by atoms with E-state index in [1.807, 2.05) is 61.5 Å². The second-order valence-electron chi connectivity index (χ2n) is 6.05. The summed E-state index contributed by atoms with van der Waals surface area (Å²) in [5.74, 6) is -0.213. The van der Waals surface area contributed by atoms with Gasteiger partial charge in [0.05, 0.1) is 16.7 Å². The Morgan fingerprint density at radius 2 is 1.88 bits per heavy atom. The molecule has 5 nitrogen and oxygen atoms in total. The van der Waals surface area contributed by atoms with Crippen molar-refractivity contribution in [2.45, 2.75) is 6.92 Å². The largest absolute Gasteiger partial charge is 0.494 e. The van der Waals surface area contributed by atoms with Crippen molar-refractivity contribution < 1.29 is 5.11 Å². The maximum Gasteiger partial charge on any atom is 0.262 e. The Morgan fingerprint density at radius 3 is 2.62 bits per heavy atom. The summed E-state index contributed by atoms with van der Waals surface area (Å²) in [6.45, 7) is 1.97. The van der Waals surface area contributed by atoms with Gasteiger partial charge in [0.2, 0.25) is 5.88 Å². The maximum atomic E-state index is 12.4. The molecule has 1 aliphatic heterocycles. The van der Waals surface area contributed by atoms with E-state index < -0.39 is 5.56 Å². The Bertz CT molecular complexity index is 1250. The number of nitrogens with one attached hydrogen (secondary N) is 1. The fourth-order valence-electron chi connectivity index (χ4n) is 2.87. The number of H-pyrrole nitrogens is 1. The van der Waals surface area contributed by atoms with Crippen molar-refractivity contribution in [2.75, 3.05) is 0 Å². The highest BCUT2D eigenvalue weighted by Gasteiger charge is 2.13. The van der Waals surface area contributed by atoms with Gasteiger partial charge in [-0.25, -0.2) is 4.99 Å². The van der Waals surface area contributed by atoms with Crippen LogP contribution in [0.3, 0.4) is 0 Å². The van der Waals surface area contributed by atoms with Gasteiger partial charge in [-0.1, -0.05) is 35.9 Å². The van der Waals surface area contributed by atoms with Crippen LogP contribution in [0.25, 0.3) is 17.8 Å². The van der Waals surface area contributed by atoms with E-state index in [0.717, 1.165) is 16.1 Å². The molecule has 0 atom stereocenters. The minimum absolute atomic E-state index is 0.113. The highest BCUT2D eigenvalue weighted by Crippen LogP contribution is 2.22. The summed E-state index contributed by atoms with van der Waals surface area (Å²) < 4.78 is 1.57. The second kappa shape index (κ2) is 6.24. The average molecular weight is 361 g/mol. The molecule has 0 saturated carbocycles. The van der Waals surface area contributed by atoms with Gasteiger partial charge in [0.25, 0.3) is 5.56 Å². The van der Waals surface area contributed by atoms with Crippen LogP contribution in [0.15, 0.2) is 64.0 Å². The zero-order valence-electron chi connectivity index (χ0n) is 13.9. The lowest BCUT2D eigenvalue weighted by Gasteiger charge is -2.11. The summed E-state index contributed by atoms with van der Waals surface area (Å²) in [6, 6.07) is 15.2. The van der Waals surface area contributed by atoms with Gasteiger partial charge < -0.3 is 5.11 Å². The van der Waals surface area contributed by atoms with Crippen molar-refractivity contribution in [1.82, 2.24) is 9.55 Å². The summed E-state index contributed by atoms with van der Waals surface area (Å²) >= 11 is 5.24. The molecule has 2 heterocycles. The third-order valence-corrected chi connectivity index (χ3v) is 4.48. The first kappa shape index (κ1) is 16.2. The first-order valence-corrected chi connectivity index (χ1v) is 8.46. The lowest BCUT2D eigenvalue weighted by atomic mass is 10.2. The number of hydrogen-bond acceptors (Lipinski definition) is 4. The van der Waals surface area contributed by atoms with Crippen LogP contribution in [0.1, 0.15) is 11.1 Å². The van der Waals surface area contributed by atoms with Crippen LogP contribution in [-0.2, 0) is 0 Å². The molecule has 1 aromatic heterocycles. The van der Waals surface area contributed by atoms with Gasteiger partial charge >= 0.3 is 0 Å². The molecule has 128 valence electrons. The van der Waals surface area contributed by atoms with Crippen LogP contribution in [0.5, 0.6) is 5.88 Å². The minimum atomic E-state index is -0.456. The Kier molecular flexibility index (Phi) is 3.89. The zero-order valence-corrected chi connectivity index (χ0v) is 14.7. The number of aromatic amines is 1. The molecule has 0 fully saturated rings. The van der Waals surface area contributed by atoms with Crippen molar-refractivity contribution in [3.8, 4) is 11.6 Å². The van der Waals surface area contributed by atoms with E-state index in [0.29, 0.717) is 11.4 Å². The first-order valence-electron chi connectivity index (χ1n) is 8.05. The van der Waals surface area contributed by atoms with E-state index in [-0.39, 0.29) is 16.2 Å². The summed E-state index contributed by atoms with van der Waals surface area (Å²) in [4.78, 5) is 19.5. The molecule has 26 heavy (non-hydrogen) atoms. The Labute approximate surface area is 153 Å². The smallest absolute Gasteiger partial charge is 0.262 e. The number of rotatable bonds is 2. The summed E-state index contributed by atoms with van der Waals surface area (Å²) in [6.07, 6.45) is 3.43. The number of aromatic nitrogens is 2. The fraction of sp³-hybridized carbons (Fsp3) is 0.0500. The monoisotopic (exact) mass is 361 g/mol. The second-order valence-corrected chi connectivity index (χ2v) is 6.44. The molecule has 2 aromatic carbocycles. The molecule has 0 aliphatic carbocycles. The zero-order chi connectivity index (χ0) is 18.3. The average Bonchev–Trinajstić information content (AvgIpc) is 3.03. The first-order chi connectivity index (χ1) is 12.5. The van der Waals surface area contributed by atoms with E-state index in [1.54, 1.807) is 6.08 Å². The van der Waals surface area contributed by atoms with Gasteiger partial charge in [-0.05, 0) is 49.5 Å². The SMILES string of the molecule is Cc1ccc(-n2c(O)c(C=C3C=c4ccccc4=N3)c(=O)[nH]c2=S)cc1. The van der Waals surface area contributed by atoms with Gasteiger partial charge in [-0.2, -0.15) is 0 Å². The third kappa shape index (κ3) is 2.80. The van der Waals surface area contributed by atoms with E-state index in [2.05, 4.69) is 9.98 Å². The standard InChI is InChI=1S/C20H15N3O2S/c1-12-6-8-15(9-7-12)23-19(25)16(18(24)22-20(23)26)11-14-10-13-4-2-3-5-17(13)21-14/h2-11,25H,1H3,(H,22,24,26). The van der Waals surface area contributed by atoms with E-state index in [9.17, 15) is 9.90 Å². The van der Waals surface area contributed by atoms with Crippen LogP contribution in [0.2, 0.25) is 0 Å². The predicted octanol–water partition coefficient (Wildman–Crippen LogP) is 2.36. The van der Waals surface area contributed by atoms with Crippen LogP contribution < -0.4 is 16.1 Å². The summed E-state index contributed by atoms with van der Waals surface area (Å²) in [7, 11) is 0. The maximum absolute atomic E-state index is 12.4. The van der Waals surface area contributed by atoms with E-state index in [1.165, 1.54) is 4.57 Å². The van der Waals surface area contributed by atoms with E-state index >= 15 is 0 Å². The van der Waals surface area contributed by atoms with Crippen molar-refractivity contribution >= 4 is 24.4 Å². The van der Waals surface area contributed by atoms with Gasteiger partial charge in [0, 0.05) is 5.22 Å². The van der Waals surface area contributed by atoms with Crippen molar-refractivity contribution in [1.29, 1.82) is 0 Å². The molecular weight excluding hydrogens is 346 g/mol. The molecule has 0 bridgehead atoms. The van der Waals surface area contributed by atoms with Crippen LogP contribution in [-0.4, -0.2) is 14.7 Å². The minimum Gasteiger partial charge on any atom is -0.494 e. The number of benzene rings is 2. The summed E-state index contributed by atoms with van der Waals surface area (Å²) in [5.41, 5.74) is 2.01. The topological polar surface area (TPSA) is 70.4 Å². The molecule has 0 amide bonds. The number of hydrogen-bond donors (Lipinski definition) is 2. The predicted molar refractivity (Wildman–Crippen MR) is 103 cm³/mol. The Balaban J connectivity index is 1.91. The van der Waals surface area contributed by atoms with Crippen LogP contribution in [0.4, 0.5) is 0 Å². The Hall–Kier alpha value is -3.25. The number of fused-ring (bicyclic) bond motifs is 1. The van der Waals surface area contributed by atoms with E-state index in [4.69, 9.17) is 12.2 Å². The number of nitrogens with zero attached hydrogens (tertiary/aromatic N) is 2. The van der Waals surface area contributed by atoms with Crippen LogP contribution in [0, 0.1) is 11.7 Å². The lowest BCUT2D eigenvalue weighted by molar-refractivity contribution is 0.432. The normalized spacial score (nSPS) is 14.0. The molecular formula is C20H15N3O2S. The molecule has 0 radical (unpaired) electrons. The molecule has 0 saturated heterocycles. The molecule has 0 spiro atoms. The lowest BCUT2D eigenvalue weighted by Crippen LogP contribution is -2.19. The highest BCUT2D eigenvalue weighted by molar-refractivity contribution is 7.71. The molecule has 4 rings (SSSR count). The molecule has 3 aromatic rings. The molecule has 6 heteroatoms. The van der Waals surface area contributed by atoms with Crippen molar-refractivity contribution in [2.24, 2.45) is 4.99 Å². The Morgan fingerprint density at radius 1 is 1.15 bits per heavy atom. The number of allylic oxidation sites excluding steroid dienone is 1. The van der Waals surface area contributed by atoms with Gasteiger partial charge in [-0.3, -0.25) is 14.3 Å². The molecule has 2 N–H and O–H groups in total. The fourth-order valence-corrected chi connectivity index (χ4v) is 3.15. The summed E-state index contributed by atoms with van der Waals surface area (Å²) in [5, 5.41) is 12.5.